The van der Waals surface area contributed by atoms with Crippen molar-refractivity contribution in [2.45, 2.75) is 22.6 Å². The van der Waals surface area contributed by atoms with Crippen LogP contribution < -0.4 is 9.03 Å². The van der Waals surface area contributed by atoms with Gasteiger partial charge in [0.15, 0.2) is 0 Å². The first kappa shape index (κ1) is 20.9. The van der Waals surface area contributed by atoms with Crippen molar-refractivity contribution >= 4 is 47.4 Å². The van der Waals surface area contributed by atoms with E-state index in [1.807, 2.05) is 0 Å². The Morgan fingerprint density at radius 2 is 1.53 bits per heavy atom. The molecule has 3 aromatic rings. The third-order valence-corrected chi connectivity index (χ3v) is 8.62. The van der Waals surface area contributed by atoms with Gasteiger partial charge in [-0.2, -0.15) is 0 Å². The highest BCUT2D eigenvalue weighted by Gasteiger charge is 2.29. The quantitative estimate of drug-likeness (QED) is 0.555. The van der Waals surface area contributed by atoms with Crippen molar-refractivity contribution in [1.29, 1.82) is 0 Å². The van der Waals surface area contributed by atoms with Crippen molar-refractivity contribution in [3.8, 4) is 0 Å². The number of fused-ring (bicyclic) bond motifs is 1. The van der Waals surface area contributed by atoms with E-state index in [9.17, 15) is 16.8 Å². The van der Waals surface area contributed by atoms with Gasteiger partial charge in [-0.15, -0.1) is 0 Å². The molecule has 6 nitrogen and oxygen atoms in total. The lowest BCUT2D eigenvalue weighted by molar-refractivity contribution is 0.586. The molecule has 0 atom stereocenters. The maximum atomic E-state index is 13.2. The molecular formula is C21H19BrN2O4S2. The second-order valence-corrected chi connectivity index (χ2v) is 11.4. The predicted octanol–water partition coefficient (Wildman–Crippen LogP) is 4.39. The van der Waals surface area contributed by atoms with Crippen LogP contribution in [0.25, 0.3) is 0 Å². The second-order valence-electron chi connectivity index (χ2n) is 6.90. The SMILES string of the molecule is O=S(=O)(Nc1ccc2c(c1)N(S(=O)(=O)c1ccccc1)CCC2)c1ccc(Br)cc1. The summed E-state index contributed by atoms with van der Waals surface area (Å²) in [6, 6.07) is 19.6. The Morgan fingerprint density at radius 1 is 0.833 bits per heavy atom. The molecule has 156 valence electrons. The fourth-order valence-corrected chi connectivity index (χ4v) is 6.27. The smallest absolute Gasteiger partial charge is 0.264 e. The van der Waals surface area contributed by atoms with Gasteiger partial charge in [-0.3, -0.25) is 9.03 Å². The standard InChI is InChI=1S/C21H19BrN2O4S2/c22-17-9-12-19(13-10-17)29(25,26)23-18-11-8-16-5-4-14-24(21(16)15-18)30(27,28)20-6-2-1-3-7-20/h1-3,6-13,15,23H,4-5,14H2. The molecule has 0 unspecified atom stereocenters. The van der Waals surface area contributed by atoms with E-state index in [0.717, 1.165) is 16.5 Å². The van der Waals surface area contributed by atoms with Crippen LogP contribution in [0.5, 0.6) is 0 Å². The number of aryl methyl sites for hydroxylation is 1. The van der Waals surface area contributed by atoms with Crippen molar-refractivity contribution < 1.29 is 16.8 Å². The fraction of sp³-hybridized carbons (Fsp3) is 0.143. The van der Waals surface area contributed by atoms with Gasteiger partial charge in [0.05, 0.1) is 21.2 Å². The molecule has 0 aromatic heterocycles. The number of rotatable bonds is 5. The van der Waals surface area contributed by atoms with Crippen LogP contribution in [0.1, 0.15) is 12.0 Å². The summed E-state index contributed by atoms with van der Waals surface area (Å²) < 4.78 is 56.5. The molecule has 1 N–H and O–H groups in total. The first-order valence-electron chi connectivity index (χ1n) is 9.26. The molecule has 4 rings (SSSR count). The minimum Gasteiger partial charge on any atom is -0.280 e. The van der Waals surface area contributed by atoms with Gasteiger partial charge in [0, 0.05) is 11.0 Å². The summed E-state index contributed by atoms with van der Waals surface area (Å²) in [5, 5.41) is 0. The van der Waals surface area contributed by atoms with E-state index in [2.05, 4.69) is 20.7 Å². The Kier molecular flexibility index (Phi) is 5.61. The van der Waals surface area contributed by atoms with E-state index in [0.29, 0.717) is 24.3 Å². The van der Waals surface area contributed by atoms with Crippen LogP contribution in [-0.4, -0.2) is 23.4 Å². The van der Waals surface area contributed by atoms with E-state index in [4.69, 9.17) is 0 Å². The number of sulfonamides is 2. The first-order chi connectivity index (χ1) is 14.3. The molecule has 30 heavy (non-hydrogen) atoms. The lowest BCUT2D eigenvalue weighted by Crippen LogP contribution is -2.35. The zero-order valence-corrected chi connectivity index (χ0v) is 19.0. The highest BCUT2D eigenvalue weighted by molar-refractivity contribution is 9.10. The molecule has 0 aliphatic carbocycles. The third-order valence-electron chi connectivity index (χ3n) is 4.87. The number of hydrogen-bond donors (Lipinski definition) is 1. The minimum atomic E-state index is -3.80. The lowest BCUT2D eigenvalue weighted by atomic mass is 10.0. The summed E-state index contributed by atoms with van der Waals surface area (Å²) in [7, 11) is -7.54. The fourth-order valence-electron chi connectivity index (χ4n) is 3.40. The molecule has 0 saturated heterocycles. The van der Waals surface area contributed by atoms with Crippen molar-refractivity contribution in [2.75, 3.05) is 15.6 Å². The van der Waals surface area contributed by atoms with Crippen LogP contribution in [0.15, 0.2) is 87.1 Å². The molecule has 0 fully saturated rings. The largest absolute Gasteiger partial charge is 0.280 e. The topological polar surface area (TPSA) is 83.6 Å². The van der Waals surface area contributed by atoms with Crippen LogP contribution in [-0.2, 0) is 26.5 Å². The van der Waals surface area contributed by atoms with Crippen LogP contribution >= 0.6 is 15.9 Å². The number of benzene rings is 3. The minimum absolute atomic E-state index is 0.122. The first-order valence-corrected chi connectivity index (χ1v) is 13.0. The Hall–Kier alpha value is -2.36. The number of nitrogens with zero attached hydrogens (tertiary/aromatic N) is 1. The van der Waals surface area contributed by atoms with Gasteiger partial charge in [0.2, 0.25) is 0 Å². The van der Waals surface area contributed by atoms with Crippen LogP contribution in [0.2, 0.25) is 0 Å². The van der Waals surface area contributed by atoms with Gasteiger partial charge in [-0.1, -0.05) is 40.2 Å². The predicted molar refractivity (Wildman–Crippen MR) is 121 cm³/mol. The molecule has 3 aromatic carbocycles. The Bertz CT molecular complexity index is 1280. The average molecular weight is 507 g/mol. The van der Waals surface area contributed by atoms with Crippen molar-refractivity contribution in [3.05, 3.63) is 82.8 Å². The zero-order chi connectivity index (χ0) is 21.4. The van der Waals surface area contributed by atoms with Crippen LogP contribution in [0.3, 0.4) is 0 Å². The van der Waals surface area contributed by atoms with Gasteiger partial charge in [0.1, 0.15) is 0 Å². The highest BCUT2D eigenvalue weighted by atomic mass is 79.9. The summed E-state index contributed by atoms with van der Waals surface area (Å²) >= 11 is 3.29. The summed E-state index contributed by atoms with van der Waals surface area (Å²) in [6.07, 6.45) is 1.43. The summed E-state index contributed by atoms with van der Waals surface area (Å²) in [6.45, 7) is 0.340. The van der Waals surface area contributed by atoms with E-state index in [-0.39, 0.29) is 9.79 Å². The highest BCUT2D eigenvalue weighted by Crippen LogP contribution is 2.34. The summed E-state index contributed by atoms with van der Waals surface area (Å²) in [5.74, 6) is 0. The molecule has 9 heteroatoms. The number of anilines is 2. The van der Waals surface area contributed by atoms with Gasteiger partial charge in [-0.25, -0.2) is 16.8 Å². The Balaban J connectivity index is 1.70. The van der Waals surface area contributed by atoms with Crippen molar-refractivity contribution in [1.82, 2.24) is 0 Å². The van der Waals surface area contributed by atoms with Crippen LogP contribution in [0.4, 0.5) is 11.4 Å². The van der Waals surface area contributed by atoms with Gasteiger partial charge in [-0.05, 0) is 66.9 Å². The molecule has 1 heterocycles. The number of halogens is 1. The average Bonchev–Trinajstić information content (AvgIpc) is 2.74. The molecule has 0 amide bonds. The summed E-state index contributed by atoms with van der Waals surface area (Å²) in [4.78, 5) is 0.330. The molecule has 0 radical (unpaired) electrons. The second kappa shape index (κ2) is 8.05. The Morgan fingerprint density at radius 3 is 2.23 bits per heavy atom. The molecule has 0 bridgehead atoms. The Labute approximate surface area is 184 Å². The van der Waals surface area contributed by atoms with Crippen molar-refractivity contribution in [2.24, 2.45) is 0 Å². The van der Waals surface area contributed by atoms with Crippen LogP contribution in [0, 0.1) is 0 Å². The number of nitrogens with one attached hydrogen (secondary N) is 1. The third kappa shape index (κ3) is 4.10. The number of hydrogen-bond acceptors (Lipinski definition) is 4. The molecule has 0 spiro atoms. The summed E-state index contributed by atoms with van der Waals surface area (Å²) in [5.41, 5.74) is 1.68. The van der Waals surface area contributed by atoms with E-state index in [1.54, 1.807) is 60.7 Å². The molecule has 0 saturated carbocycles. The van der Waals surface area contributed by atoms with Crippen molar-refractivity contribution in [3.63, 3.8) is 0 Å². The maximum Gasteiger partial charge on any atom is 0.264 e. The van der Waals surface area contributed by atoms with E-state index in [1.165, 1.54) is 16.4 Å². The van der Waals surface area contributed by atoms with Gasteiger partial charge >= 0.3 is 0 Å². The monoisotopic (exact) mass is 506 g/mol. The normalized spacial score (nSPS) is 14.2. The zero-order valence-electron chi connectivity index (χ0n) is 15.8. The van der Waals surface area contributed by atoms with Gasteiger partial charge < -0.3 is 0 Å². The van der Waals surface area contributed by atoms with Gasteiger partial charge in [0.25, 0.3) is 20.0 Å². The van der Waals surface area contributed by atoms with E-state index < -0.39 is 20.0 Å². The maximum absolute atomic E-state index is 13.2. The van der Waals surface area contributed by atoms with E-state index >= 15 is 0 Å². The molecule has 1 aliphatic rings. The molecular weight excluding hydrogens is 488 g/mol. The molecule has 1 aliphatic heterocycles. The lowest BCUT2D eigenvalue weighted by Gasteiger charge is -2.31.